The number of hydrogen-bond donors (Lipinski definition) is 1. The van der Waals surface area contributed by atoms with Crippen molar-refractivity contribution in [2.75, 3.05) is 0 Å². The Morgan fingerprint density at radius 2 is 1.53 bits per heavy atom. The standard InChI is InChI=1S/C5H2F7N3/c6-3(7,2-13-1-14-15-2)4(8,9)5(10,11)12/h1H,(H,13,14,15). The summed E-state index contributed by atoms with van der Waals surface area (Å²) < 4.78 is 84.8. The Bertz CT molecular complexity index is 327. The van der Waals surface area contributed by atoms with E-state index in [1.807, 2.05) is 0 Å². The molecule has 0 saturated carbocycles. The molecule has 15 heavy (non-hydrogen) atoms. The van der Waals surface area contributed by atoms with E-state index < -0.39 is 23.8 Å². The van der Waals surface area contributed by atoms with Crippen LogP contribution in [0.5, 0.6) is 0 Å². The van der Waals surface area contributed by atoms with Crippen LogP contribution in [0.25, 0.3) is 0 Å². The molecule has 0 amide bonds. The SMILES string of the molecule is FC(F)(F)C(F)(F)C(F)(F)c1nc[nH]n1. The summed E-state index contributed by atoms with van der Waals surface area (Å²) in [5, 5.41) is 4.12. The van der Waals surface area contributed by atoms with Gasteiger partial charge in [0, 0.05) is 0 Å². The number of H-pyrrole nitrogens is 1. The molecule has 3 nitrogen and oxygen atoms in total. The predicted molar refractivity (Wildman–Crippen MR) is 31.3 cm³/mol. The summed E-state index contributed by atoms with van der Waals surface area (Å²) in [7, 11) is 0. The fourth-order valence-electron chi connectivity index (χ4n) is 0.679. The Morgan fingerprint density at radius 3 is 1.87 bits per heavy atom. The second-order valence-electron chi connectivity index (χ2n) is 2.47. The quantitative estimate of drug-likeness (QED) is 0.800. The zero-order valence-corrected chi connectivity index (χ0v) is 6.62. The number of aromatic amines is 1. The first-order valence-corrected chi connectivity index (χ1v) is 3.29. The van der Waals surface area contributed by atoms with Crippen molar-refractivity contribution >= 4 is 0 Å². The maximum absolute atomic E-state index is 12.6. The largest absolute Gasteiger partial charge is 0.460 e. The molecular weight excluding hydrogens is 235 g/mol. The summed E-state index contributed by atoms with van der Waals surface area (Å²) in [4.78, 5) is 2.57. The van der Waals surface area contributed by atoms with E-state index in [9.17, 15) is 30.7 Å². The molecule has 0 saturated heterocycles. The molecule has 1 aromatic rings. The molecule has 0 radical (unpaired) electrons. The normalized spacial score (nSPS) is 14.3. The van der Waals surface area contributed by atoms with Gasteiger partial charge in [-0.05, 0) is 0 Å². The van der Waals surface area contributed by atoms with Gasteiger partial charge in [-0.3, -0.25) is 5.10 Å². The van der Waals surface area contributed by atoms with Crippen LogP contribution in [0.15, 0.2) is 6.33 Å². The van der Waals surface area contributed by atoms with Crippen molar-refractivity contribution < 1.29 is 30.7 Å². The van der Waals surface area contributed by atoms with Gasteiger partial charge in [-0.1, -0.05) is 0 Å². The third-order valence-electron chi connectivity index (χ3n) is 1.45. The first-order chi connectivity index (χ1) is 6.61. The Morgan fingerprint density at radius 1 is 1.00 bits per heavy atom. The van der Waals surface area contributed by atoms with Gasteiger partial charge < -0.3 is 0 Å². The van der Waals surface area contributed by atoms with Crippen molar-refractivity contribution in [3.8, 4) is 0 Å². The third kappa shape index (κ3) is 1.63. The van der Waals surface area contributed by atoms with Gasteiger partial charge in [-0.2, -0.15) is 35.8 Å². The zero-order valence-electron chi connectivity index (χ0n) is 6.62. The fraction of sp³-hybridized carbons (Fsp3) is 0.600. The molecule has 0 aliphatic carbocycles. The first kappa shape index (κ1) is 11.7. The highest BCUT2D eigenvalue weighted by molar-refractivity contribution is 5.03. The molecule has 0 atom stereocenters. The molecule has 1 aromatic heterocycles. The maximum Gasteiger partial charge on any atom is 0.460 e. The van der Waals surface area contributed by atoms with E-state index >= 15 is 0 Å². The first-order valence-electron chi connectivity index (χ1n) is 3.29. The minimum atomic E-state index is -6.38. The molecule has 0 aliphatic rings. The maximum atomic E-state index is 12.6. The molecule has 1 N–H and O–H groups in total. The predicted octanol–water partition coefficient (Wildman–Crippen LogP) is 2.09. The number of hydrogen-bond acceptors (Lipinski definition) is 2. The lowest BCUT2D eigenvalue weighted by Crippen LogP contribution is -2.50. The summed E-state index contributed by atoms with van der Waals surface area (Å²) in [5.41, 5.74) is 0. The summed E-state index contributed by atoms with van der Waals surface area (Å²) >= 11 is 0. The monoisotopic (exact) mass is 237 g/mol. The number of nitrogens with zero attached hydrogens (tertiary/aromatic N) is 2. The molecule has 0 aliphatic heterocycles. The second-order valence-corrected chi connectivity index (χ2v) is 2.47. The molecule has 86 valence electrons. The molecule has 0 unspecified atom stereocenters. The highest BCUT2D eigenvalue weighted by Crippen LogP contribution is 2.50. The van der Waals surface area contributed by atoms with Gasteiger partial charge in [0.2, 0.25) is 5.82 Å². The van der Waals surface area contributed by atoms with E-state index in [1.165, 1.54) is 0 Å². The van der Waals surface area contributed by atoms with E-state index in [4.69, 9.17) is 0 Å². The number of aromatic nitrogens is 3. The van der Waals surface area contributed by atoms with Gasteiger partial charge in [0.25, 0.3) is 0 Å². The molecular formula is C5H2F7N3. The van der Waals surface area contributed by atoms with Gasteiger partial charge in [0.1, 0.15) is 6.33 Å². The van der Waals surface area contributed by atoms with E-state index in [1.54, 1.807) is 5.10 Å². The van der Waals surface area contributed by atoms with Crippen LogP contribution < -0.4 is 0 Å². The lowest BCUT2D eigenvalue weighted by Gasteiger charge is -2.25. The average molecular weight is 237 g/mol. The molecule has 0 spiro atoms. The molecule has 10 heteroatoms. The van der Waals surface area contributed by atoms with Crippen LogP contribution in [0, 0.1) is 0 Å². The Balaban J connectivity index is 3.17. The van der Waals surface area contributed by atoms with Crippen molar-refractivity contribution in [3.63, 3.8) is 0 Å². The van der Waals surface area contributed by atoms with Gasteiger partial charge >= 0.3 is 18.0 Å². The van der Waals surface area contributed by atoms with Crippen LogP contribution in [0.3, 0.4) is 0 Å². The van der Waals surface area contributed by atoms with Gasteiger partial charge in [0.15, 0.2) is 0 Å². The van der Waals surface area contributed by atoms with Crippen LogP contribution in [-0.2, 0) is 5.92 Å². The summed E-state index contributed by atoms with van der Waals surface area (Å²) in [6.45, 7) is 0. The summed E-state index contributed by atoms with van der Waals surface area (Å²) in [5.74, 6) is -13.6. The van der Waals surface area contributed by atoms with Gasteiger partial charge in [0.05, 0.1) is 0 Å². The van der Waals surface area contributed by atoms with Crippen LogP contribution in [0.2, 0.25) is 0 Å². The van der Waals surface area contributed by atoms with Crippen molar-refractivity contribution in [1.82, 2.24) is 15.2 Å². The average Bonchev–Trinajstić information content (AvgIpc) is 2.53. The van der Waals surface area contributed by atoms with E-state index in [0.29, 0.717) is 6.33 Å². The smallest absolute Gasteiger partial charge is 0.266 e. The van der Waals surface area contributed by atoms with Crippen molar-refractivity contribution in [1.29, 1.82) is 0 Å². The van der Waals surface area contributed by atoms with Gasteiger partial charge in [-0.15, -0.1) is 0 Å². The van der Waals surface area contributed by atoms with Crippen LogP contribution in [0.1, 0.15) is 5.82 Å². The van der Waals surface area contributed by atoms with Gasteiger partial charge in [-0.25, -0.2) is 4.98 Å². The Labute approximate surface area is 77.3 Å². The number of halogens is 7. The van der Waals surface area contributed by atoms with Crippen LogP contribution in [0.4, 0.5) is 30.7 Å². The summed E-state index contributed by atoms with van der Waals surface area (Å²) in [6, 6.07) is 0. The fourth-order valence-corrected chi connectivity index (χ4v) is 0.679. The Hall–Kier alpha value is -1.35. The molecule has 0 bridgehead atoms. The lowest BCUT2D eigenvalue weighted by molar-refractivity contribution is -0.361. The van der Waals surface area contributed by atoms with Crippen molar-refractivity contribution in [3.05, 3.63) is 12.2 Å². The molecule has 1 heterocycles. The van der Waals surface area contributed by atoms with Crippen LogP contribution in [-0.4, -0.2) is 27.3 Å². The van der Waals surface area contributed by atoms with E-state index in [-0.39, 0.29) is 0 Å². The highest BCUT2D eigenvalue weighted by atomic mass is 19.4. The van der Waals surface area contributed by atoms with Crippen molar-refractivity contribution in [2.45, 2.75) is 18.0 Å². The lowest BCUT2D eigenvalue weighted by atomic mass is 10.1. The van der Waals surface area contributed by atoms with E-state index in [0.717, 1.165) is 0 Å². The second kappa shape index (κ2) is 3.07. The number of alkyl halides is 7. The van der Waals surface area contributed by atoms with E-state index in [2.05, 4.69) is 10.1 Å². The minimum Gasteiger partial charge on any atom is -0.266 e. The Kier molecular flexibility index (Phi) is 2.40. The van der Waals surface area contributed by atoms with Crippen molar-refractivity contribution in [2.24, 2.45) is 0 Å². The highest BCUT2D eigenvalue weighted by Gasteiger charge is 2.75. The minimum absolute atomic E-state index is 0.468. The van der Waals surface area contributed by atoms with Crippen LogP contribution >= 0.6 is 0 Å². The zero-order chi connectivity index (χ0) is 11.9. The molecule has 0 fully saturated rings. The third-order valence-corrected chi connectivity index (χ3v) is 1.45. The number of nitrogens with one attached hydrogen (secondary N) is 1. The topological polar surface area (TPSA) is 41.6 Å². The number of rotatable bonds is 2. The summed E-state index contributed by atoms with van der Waals surface area (Å²) in [6.07, 6.45) is -5.91. The molecule has 1 rings (SSSR count). The molecule has 0 aromatic carbocycles.